The first-order valence-corrected chi connectivity index (χ1v) is 8.31. The normalized spacial score (nSPS) is 15.4. The summed E-state index contributed by atoms with van der Waals surface area (Å²) in [7, 11) is 0. The second-order valence-electron chi connectivity index (χ2n) is 5.97. The highest BCUT2D eigenvalue weighted by Crippen LogP contribution is 2.42. The zero-order chi connectivity index (χ0) is 16.7. The van der Waals surface area contributed by atoms with Crippen molar-refractivity contribution in [2.24, 2.45) is 0 Å². The van der Waals surface area contributed by atoms with Crippen molar-refractivity contribution in [1.82, 2.24) is 10.3 Å². The number of aliphatic carboxylic acids is 1. The minimum absolute atomic E-state index is 0.371. The molecule has 1 aliphatic rings. The van der Waals surface area contributed by atoms with E-state index in [-0.39, 0.29) is 5.91 Å². The lowest BCUT2D eigenvalue weighted by Crippen LogP contribution is -2.38. The molecule has 1 atom stereocenters. The van der Waals surface area contributed by atoms with Gasteiger partial charge in [-0.15, -0.1) is 0 Å². The van der Waals surface area contributed by atoms with Crippen molar-refractivity contribution < 1.29 is 14.7 Å². The molecule has 0 bridgehead atoms. The number of carbonyl (C=O) groups excluding carboxylic acids is 1. The Morgan fingerprint density at radius 2 is 2.09 bits per heavy atom. The van der Waals surface area contributed by atoms with E-state index in [4.69, 9.17) is 10.1 Å². The minimum atomic E-state index is -1.06. The van der Waals surface area contributed by atoms with Gasteiger partial charge in [0, 0.05) is 21.5 Å². The molecule has 1 aromatic carbocycles. The topological polar surface area (TPSA) is 79.3 Å². The number of hydrogen-bond donors (Lipinski definition) is 2. The molecule has 0 aliphatic heterocycles. The fourth-order valence-electron chi connectivity index (χ4n) is 2.73. The predicted molar refractivity (Wildman–Crippen MR) is 90.7 cm³/mol. The zero-order valence-corrected chi connectivity index (χ0v) is 14.5. The number of halogens is 1. The average molecular weight is 377 g/mol. The van der Waals surface area contributed by atoms with E-state index in [0.717, 1.165) is 39.5 Å². The summed E-state index contributed by atoms with van der Waals surface area (Å²) in [6, 6.07) is 4.68. The SMILES string of the molecule is Cc1c(C2CC2)nc2ccc(Br)cc2c1C(=O)N[C@@H](C)C(=O)O. The molecule has 1 aliphatic carbocycles. The summed E-state index contributed by atoms with van der Waals surface area (Å²) < 4.78 is 0.853. The maximum atomic E-state index is 12.7. The third-order valence-corrected chi connectivity index (χ3v) is 4.63. The van der Waals surface area contributed by atoms with Crippen molar-refractivity contribution in [1.29, 1.82) is 0 Å². The van der Waals surface area contributed by atoms with Gasteiger partial charge in [-0.25, -0.2) is 0 Å². The number of fused-ring (bicyclic) bond motifs is 1. The first-order valence-electron chi connectivity index (χ1n) is 7.52. The van der Waals surface area contributed by atoms with Gasteiger partial charge in [0.2, 0.25) is 0 Å². The number of amides is 1. The van der Waals surface area contributed by atoms with Crippen LogP contribution in [0.15, 0.2) is 22.7 Å². The number of benzene rings is 1. The van der Waals surface area contributed by atoms with E-state index in [1.165, 1.54) is 6.92 Å². The molecule has 0 radical (unpaired) electrons. The third kappa shape index (κ3) is 3.08. The van der Waals surface area contributed by atoms with E-state index in [9.17, 15) is 9.59 Å². The summed E-state index contributed by atoms with van der Waals surface area (Å²) in [6.45, 7) is 3.35. The number of pyridine rings is 1. The number of aromatic nitrogens is 1. The smallest absolute Gasteiger partial charge is 0.325 e. The Morgan fingerprint density at radius 1 is 1.39 bits per heavy atom. The van der Waals surface area contributed by atoms with Gasteiger partial charge < -0.3 is 10.4 Å². The molecule has 0 spiro atoms. The van der Waals surface area contributed by atoms with Gasteiger partial charge in [0.25, 0.3) is 5.91 Å². The molecule has 23 heavy (non-hydrogen) atoms. The van der Waals surface area contributed by atoms with Crippen molar-refractivity contribution in [2.45, 2.75) is 38.6 Å². The van der Waals surface area contributed by atoms with Gasteiger partial charge in [0.1, 0.15) is 6.04 Å². The highest BCUT2D eigenvalue weighted by Gasteiger charge is 2.30. The van der Waals surface area contributed by atoms with Gasteiger partial charge in [-0.2, -0.15) is 0 Å². The van der Waals surface area contributed by atoms with E-state index in [1.54, 1.807) is 0 Å². The second kappa shape index (κ2) is 5.92. The number of carboxylic acid groups (broad SMARTS) is 1. The highest BCUT2D eigenvalue weighted by molar-refractivity contribution is 9.10. The van der Waals surface area contributed by atoms with Crippen LogP contribution in [0, 0.1) is 6.92 Å². The maximum Gasteiger partial charge on any atom is 0.325 e. The monoisotopic (exact) mass is 376 g/mol. The molecular formula is C17H17BrN2O3. The van der Waals surface area contributed by atoms with E-state index < -0.39 is 12.0 Å². The largest absolute Gasteiger partial charge is 0.480 e. The van der Waals surface area contributed by atoms with Gasteiger partial charge >= 0.3 is 5.97 Å². The van der Waals surface area contributed by atoms with Crippen LogP contribution in [0.5, 0.6) is 0 Å². The summed E-state index contributed by atoms with van der Waals surface area (Å²) in [5.74, 6) is -1.02. The number of nitrogens with one attached hydrogen (secondary N) is 1. The van der Waals surface area contributed by atoms with Gasteiger partial charge in [-0.05, 0) is 50.5 Å². The summed E-state index contributed by atoms with van der Waals surface area (Å²) in [6.07, 6.45) is 2.17. The molecule has 0 saturated heterocycles. The quantitative estimate of drug-likeness (QED) is 0.856. The van der Waals surface area contributed by atoms with Crippen LogP contribution in [0.2, 0.25) is 0 Å². The molecular weight excluding hydrogens is 360 g/mol. The van der Waals surface area contributed by atoms with Crippen LogP contribution in [0.3, 0.4) is 0 Å². The molecule has 1 heterocycles. The van der Waals surface area contributed by atoms with E-state index in [0.29, 0.717) is 11.5 Å². The lowest BCUT2D eigenvalue weighted by molar-refractivity contribution is -0.138. The van der Waals surface area contributed by atoms with Gasteiger partial charge in [-0.3, -0.25) is 14.6 Å². The van der Waals surface area contributed by atoms with E-state index in [1.807, 2.05) is 25.1 Å². The Balaban J connectivity index is 2.15. The van der Waals surface area contributed by atoms with Crippen LogP contribution >= 0.6 is 15.9 Å². The fraction of sp³-hybridized carbons (Fsp3) is 0.353. The van der Waals surface area contributed by atoms with Crippen molar-refractivity contribution in [3.63, 3.8) is 0 Å². The van der Waals surface area contributed by atoms with E-state index >= 15 is 0 Å². The van der Waals surface area contributed by atoms with Crippen LogP contribution in [-0.4, -0.2) is 28.0 Å². The highest BCUT2D eigenvalue weighted by atomic mass is 79.9. The van der Waals surface area contributed by atoms with Crippen LogP contribution in [0.4, 0.5) is 0 Å². The Kier molecular flexibility index (Phi) is 4.10. The van der Waals surface area contributed by atoms with Crippen molar-refractivity contribution in [3.8, 4) is 0 Å². The van der Waals surface area contributed by atoms with Crippen LogP contribution in [0.1, 0.15) is 47.3 Å². The molecule has 1 aromatic heterocycles. The van der Waals surface area contributed by atoms with Crippen LogP contribution in [0.25, 0.3) is 10.9 Å². The first kappa shape index (κ1) is 15.9. The fourth-order valence-corrected chi connectivity index (χ4v) is 3.09. The summed E-state index contributed by atoms with van der Waals surface area (Å²) >= 11 is 3.42. The summed E-state index contributed by atoms with van der Waals surface area (Å²) in [5.41, 5.74) is 3.07. The molecule has 0 unspecified atom stereocenters. The first-order chi connectivity index (χ1) is 10.9. The Morgan fingerprint density at radius 3 is 2.70 bits per heavy atom. The molecule has 5 nitrogen and oxygen atoms in total. The predicted octanol–water partition coefficient (Wildman–Crippen LogP) is 3.39. The standard InChI is InChI=1S/C17H17BrN2O3/c1-8-14(16(21)19-9(2)17(22)23)12-7-11(18)5-6-13(12)20-15(8)10-3-4-10/h5-7,9-10H,3-4H2,1-2H3,(H,19,21)(H,22,23)/t9-/m0/s1. The average Bonchev–Trinajstić information content (AvgIpc) is 3.30. The molecule has 1 saturated carbocycles. The van der Waals surface area contributed by atoms with Crippen LogP contribution in [-0.2, 0) is 4.79 Å². The number of rotatable bonds is 4. The number of nitrogens with zero attached hydrogens (tertiary/aromatic N) is 1. The molecule has 1 amide bonds. The number of carboxylic acids is 1. The summed E-state index contributed by atoms with van der Waals surface area (Å²) in [4.78, 5) is 28.4. The molecule has 120 valence electrons. The molecule has 1 fully saturated rings. The van der Waals surface area contributed by atoms with Crippen LogP contribution < -0.4 is 5.32 Å². The third-order valence-electron chi connectivity index (χ3n) is 4.14. The van der Waals surface area contributed by atoms with Crippen molar-refractivity contribution in [3.05, 3.63) is 39.5 Å². The second-order valence-corrected chi connectivity index (χ2v) is 6.88. The van der Waals surface area contributed by atoms with E-state index in [2.05, 4.69) is 21.2 Å². The Labute approximate surface area is 142 Å². The van der Waals surface area contributed by atoms with Crippen molar-refractivity contribution >= 4 is 38.7 Å². The molecule has 3 rings (SSSR count). The zero-order valence-electron chi connectivity index (χ0n) is 12.9. The molecule has 6 heteroatoms. The Bertz CT molecular complexity index is 815. The lowest BCUT2D eigenvalue weighted by atomic mass is 9.98. The molecule has 2 N–H and O–H groups in total. The maximum absolute atomic E-state index is 12.7. The number of carbonyl (C=O) groups is 2. The van der Waals surface area contributed by atoms with Gasteiger partial charge in [0.05, 0.1) is 11.1 Å². The lowest BCUT2D eigenvalue weighted by Gasteiger charge is -2.16. The van der Waals surface area contributed by atoms with Gasteiger partial charge in [-0.1, -0.05) is 15.9 Å². The molecule has 2 aromatic rings. The number of hydrogen-bond acceptors (Lipinski definition) is 3. The van der Waals surface area contributed by atoms with Gasteiger partial charge in [0.15, 0.2) is 0 Å². The Hall–Kier alpha value is -1.95. The summed E-state index contributed by atoms with van der Waals surface area (Å²) in [5, 5.41) is 12.3. The minimum Gasteiger partial charge on any atom is -0.480 e. The van der Waals surface area contributed by atoms with Crippen molar-refractivity contribution in [2.75, 3.05) is 0 Å².